The van der Waals surface area contributed by atoms with Crippen molar-refractivity contribution in [3.8, 4) is 0 Å². The topological polar surface area (TPSA) is 29.9 Å². The molecule has 0 radical (unpaired) electrons. The number of aromatic nitrogens is 2. The molecule has 2 aromatic rings. The van der Waals surface area contributed by atoms with Gasteiger partial charge in [0.15, 0.2) is 0 Å². The van der Waals surface area contributed by atoms with E-state index in [0.717, 1.165) is 17.7 Å². The predicted octanol–water partition coefficient (Wildman–Crippen LogP) is 3.63. The Hall–Kier alpha value is -1.39. The van der Waals surface area contributed by atoms with Crippen molar-refractivity contribution in [3.05, 3.63) is 52.1 Å². The van der Waals surface area contributed by atoms with Gasteiger partial charge >= 0.3 is 0 Å². The van der Waals surface area contributed by atoms with Gasteiger partial charge in [0.25, 0.3) is 0 Å². The lowest BCUT2D eigenvalue weighted by molar-refractivity contribution is 0.563. The van der Waals surface area contributed by atoms with Crippen LogP contribution in [0.4, 0.5) is 4.39 Å². The normalized spacial score (nSPS) is 12.7. The Morgan fingerprint density at radius 3 is 2.85 bits per heavy atom. The van der Waals surface area contributed by atoms with Crippen LogP contribution in [-0.4, -0.2) is 9.78 Å². The fraction of sp³-hybridized carbons (Fsp3) is 0.400. The highest BCUT2D eigenvalue weighted by Crippen LogP contribution is 2.20. The summed E-state index contributed by atoms with van der Waals surface area (Å²) >= 11 is 5.69. The maximum absolute atomic E-state index is 13.5. The van der Waals surface area contributed by atoms with E-state index in [2.05, 4.69) is 17.3 Å². The van der Waals surface area contributed by atoms with Gasteiger partial charge in [0.2, 0.25) is 0 Å². The SMILES string of the molecule is CCc1nn(C)cc1CNC(C)c1ccc(Cl)c(F)c1. The summed E-state index contributed by atoms with van der Waals surface area (Å²) in [6.45, 7) is 4.80. The Balaban J connectivity index is 2.04. The highest BCUT2D eigenvalue weighted by Gasteiger charge is 2.10. The van der Waals surface area contributed by atoms with E-state index in [1.807, 2.05) is 30.9 Å². The van der Waals surface area contributed by atoms with Gasteiger partial charge < -0.3 is 5.32 Å². The summed E-state index contributed by atoms with van der Waals surface area (Å²) in [6.07, 6.45) is 2.92. The van der Waals surface area contributed by atoms with Crippen LogP contribution in [0.15, 0.2) is 24.4 Å². The third-order valence-electron chi connectivity index (χ3n) is 3.37. The molecule has 20 heavy (non-hydrogen) atoms. The van der Waals surface area contributed by atoms with Crippen molar-refractivity contribution in [2.75, 3.05) is 0 Å². The maximum atomic E-state index is 13.5. The summed E-state index contributed by atoms with van der Waals surface area (Å²) in [5.41, 5.74) is 3.15. The molecule has 0 spiro atoms. The van der Waals surface area contributed by atoms with Crippen molar-refractivity contribution in [1.29, 1.82) is 0 Å². The van der Waals surface area contributed by atoms with Crippen LogP contribution in [0.1, 0.15) is 36.7 Å². The van der Waals surface area contributed by atoms with Gasteiger partial charge in [-0.25, -0.2) is 4.39 Å². The van der Waals surface area contributed by atoms with Crippen molar-refractivity contribution in [1.82, 2.24) is 15.1 Å². The van der Waals surface area contributed by atoms with E-state index >= 15 is 0 Å². The summed E-state index contributed by atoms with van der Waals surface area (Å²) in [7, 11) is 1.92. The predicted molar refractivity (Wildman–Crippen MR) is 79.3 cm³/mol. The van der Waals surface area contributed by atoms with Gasteiger partial charge in [0.05, 0.1) is 10.7 Å². The van der Waals surface area contributed by atoms with Gasteiger partial charge in [-0.05, 0) is 31.0 Å². The molecule has 1 N–H and O–H groups in total. The van der Waals surface area contributed by atoms with E-state index in [4.69, 9.17) is 11.6 Å². The summed E-state index contributed by atoms with van der Waals surface area (Å²) in [4.78, 5) is 0. The number of nitrogens with zero attached hydrogens (tertiary/aromatic N) is 2. The molecule has 3 nitrogen and oxygen atoms in total. The number of hydrogen-bond acceptors (Lipinski definition) is 2. The van der Waals surface area contributed by atoms with Gasteiger partial charge in [-0.2, -0.15) is 5.10 Å². The van der Waals surface area contributed by atoms with Crippen LogP contribution in [0.3, 0.4) is 0 Å². The van der Waals surface area contributed by atoms with Crippen LogP contribution < -0.4 is 5.32 Å². The van der Waals surface area contributed by atoms with E-state index < -0.39 is 0 Å². The molecule has 0 amide bonds. The van der Waals surface area contributed by atoms with Gasteiger partial charge in [0, 0.05) is 31.4 Å². The molecule has 0 saturated carbocycles. The number of halogens is 2. The number of rotatable bonds is 5. The third-order valence-corrected chi connectivity index (χ3v) is 3.68. The minimum atomic E-state index is -0.381. The van der Waals surface area contributed by atoms with Gasteiger partial charge in [-0.15, -0.1) is 0 Å². The van der Waals surface area contributed by atoms with Crippen LogP contribution in [0.5, 0.6) is 0 Å². The van der Waals surface area contributed by atoms with Gasteiger partial charge in [-0.3, -0.25) is 4.68 Å². The Morgan fingerprint density at radius 1 is 1.45 bits per heavy atom. The van der Waals surface area contributed by atoms with Gasteiger partial charge in [0.1, 0.15) is 5.82 Å². The third kappa shape index (κ3) is 3.38. The van der Waals surface area contributed by atoms with Crippen molar-refractivity contribution in [3.63, 3.8) is 0 Å². The highest BCUT2D eigenvalue weighted by molar-refractivity contribution is 6.30. The van der Waals surface area contributed by atoms with Crippen LogP contribution in [0.2, 0.25) is 5.02 Å². The lowest BCUT2D eigenvalue weighted by Crippen LogP contribution is -2.18. The quantitative estimate of drug-likeness (QED) is 0.913. The largest absolute Gasteiger partial charge is 0.306 e. The van der Waals surface area contributed by atoms with Crippen molar-refractivity contribution < 1.29 is 4.39 Å². The minimum absolute atomic E-state index is 0.0479. The van der Waals surface area contributed by atoms with Crippen LogP contribution in [-0.2, 0) is 20.0 Å². The van der Waals surface area contributed by atoms with Crippen molar-refractivity contribution >= 4 is 11.6 Å². The molecule has 2 rings (SSSR count). The molecule has 1 aromatic carbocycles. The lowest BCUT2D eigenvalue weighted by Gasteiger charge is -2.14. The first-order valence-corrected chi connectivity index (χ1v) is 7.08. The Bertz CT molecular complexity index is 595. The molecule has 1 unspecified atom stereocenters. The zero-order chi connectivity index (χ0) is 14.7. The van der Waals surface area contributed by atoms with E-state index in [9.17, 15) is 4.39 Å². The molecule has 0 bridgehead atoms. The van der Waals surface area contributed by atoms with E-state index in [0.29, 0.717) is 6.54 Å². The fourth-order valence-corrected chi connectivity index (χ4v) is 2.31. The maximum Gasteiger partial charge on any atom is 0.142 e. The molecule has 1 atom stereocenters. The zero-order valence-corrected chi connectivity index (χ0v) is 12.7. The Kier molecular flexibility index (Phi) is 4.78. The molecule has 0 aliphatic heterocycles. The lowest BCUT2D eigenvalue weighted by atomic mass is 10.1. The average molecular weight is 296 g/mol. The van der Waals surface area contributed by atoms with Crippen molar-refractivity contribution in [2.24, 2.45) is 7.05 Å². The van der Waals surface area contributed by atoms with E-state index in [-0.39, 0.29) is 16.9 Å². The van der Waals surface area contributed by atoms with Crippen molar-refractivity contribution in [2.45, 2.75) is 32.9 Å². The van der Waals surface area contributed by atoms with E-state index in [1.54, 1.807) is 6.07 Å². The molecule has 0 fully saturated rings. The first-order chi connectivity index (χ1) is 9.51. The molecule has 1 heterocycles. The molecule has 0 aliphatic carbocycles. The second-order valence-corrected chi connectivity index (χ2v) is 5.31. The Labute approximate surface area is 123 Å². The summed E-state index contributed by atoms with van der Waals surface area (Å²) in [5, 5.41) is 7.95. The van der Waals surface area contributed by atoms with Crippen LogP contribution >= 0.6 is 11.6 Å². The summed E-state index contributed by atoms with van der Waals surface area (Å²) in [5.74, 6) is -0.381. The van der Waals surface area contributed by atoms with E-state index in [1.165, 1.54) is 11.6 Å². The second kappa shape index (κ2) is 6.37. The zero-order valence-electron chi connectivity index (χ0n) is 12.0. The second-order valence-electron chi connectivity index (χ2n) is 4.90. The molecule has 108 valence electrons. The number of benzene rings is 1. The minimum Gasteiger partial charge on any atom is -0.306 e. The Morgan fingerprint density at radius 2 is 2.20 bits per heavy atom. The number of nitrogens with one attached hydrogen (secondary N) is 1. The first kappa shape index (κ1) is 15.0. The van der Waals surface area contributed by atoms with Gasteiger partial charge in [-0.1, -0.05) is 24.6 Å². The summed E-state index contributed by atoms with van der Waals surface area (Å²) < 4.78 is 15.3. The molecule has 0 aliphatic rings. The molecule has 5 heteroatoms. The molecule has 0 saturated heterocycles. The molecule has 1 aromatic heterocycles. The fourth-order valence-electron chi connectivity index (χ4n) is 2.19. The first-order valence-electron chi connectivity index (χ1n) is 6.71. The highest BCUT2D eigenvalue weighted by atomic mass is 35.5. The monoisotopic (exact) mass is 295 g/mol. The standard InChI is InChI=1S/C15H19ClFN3/c1-4-15-12(9-20(3)19-15)8-18-10(2)11-5-6-13(16)14(17)7-11/h5-7,9-10,18H,4,8H2,1-3H3. The van der Waals surface area contributed by atoms with Crippen LogP contribution in [0.25, 0.3) is 0 Å². The average Bonchev–Trinajstić information content (AvgIpc) is 2.79. The number of aryl methyl sites for hydroxylation is 2. The van der Waals surface area contributed by atoms with Crippen LogP contribution in [0, 0.1) is 5.82 Å². The molecular formula is C15H19ClFN3. The summed E-state index contributed by atoms with van der Waals surface area (Å²) in [6, 6.07) is 4.95. The number of hydrogen-bond donors (Lipinski definition) is 1. The smallest absolute Gasteiger partial charge is 0.142 e. The molecular weight excluding hydrogens is 277 g/mol.